The van der Waals surface area contributed by atoms with Crippen LogP contribution in [0.25, 0.3) is 0 Å². The van der Waals surface area contributed by atoms with E-state index in [0.29, 0.717) is 11.4 Å². The van der Waals surface area contributed by atoms with Crippen molar-refractivity contribution in [2.45, 2.75) is 24.7 Å². The molecule has 0 amide bonds. The number of benzene rings is 3. The molecule has 1 aliphatic rings. The predicted molar refractivity (Wildman–Crippen MR) is 105 cm³/mol. The van der Waals surface area contributed by atoms with E-state index in [1.54, 1.807) is 16.4 Å². The fourth-order valence-corrected chi connectivity index (χ4v) is 4.96. The van der Waals surface area contributed by atoms with E-state index in [0.717, 1.165) is 29.7 Å². The maximum atomic E-state index is 13.0. The van der Waals surface area contributed by atoms with Crippen molar-refractivity contribution in [3.63, 3.8) is 0 Å². The molecule has 0 spiro atoms. The number of sulfonamides is 1. The third-order valence-corrected chi connectivity index (χ3v) is 6.68. The molecule has 0 radical (unpaired) electrons. The van der Waals surface area contributed by atoms with Gasteiger partial charge in [0, 0.05) is 6.54 Å². The van der Waals surface area contributed by atoms with Gasteiger partial charge in [0.25, 0.3) is 10.0 Å². The third-order valence-electron chi connectivity index (χ3n) is 4.86. The lowest BCUT2D eigenvalue weighted by Crippen LogP contribution is -2.29. The third kappa shape index (κ3) is 3.13. The fraction of sp³-hybridized carbons (Fsp3) is 0.182. The van der Waals surface area contributed by atoms with Crippen molar-refractivity contribution >= 4 is 15.7 Å². The average molecular weight is 363 g/mol. The van der Waals surface area contributed by atoms with Gasteiger partial charge in [0.15, 0.2) is 0 Å². The lowest BCUT2D eigenvalue weighted by Gasteiger charge is -2.20. The molecule has 26 heavy (non-hydrogen) atoms. The van der Waals surface area contributed by atoms with Gasteiger partial charge in [-0.25, -0.2) is 8.42 Å². The van der Waals surface area contributed by atoms with Gasteiger partial charge in [0.05, 0.1) is 10.6 Å². The van der Waals surface area contributed by atoms with Gasteiger partial charge < -0.3 is 0 Å². The summed E-state index contributed by atoms with van der Waals surface area (Å²) >= 11 is 0. The number of fused-ring (bicyclic) bond motifs is 1. The summed E-state index contributed by atoms with van der Waals surface area (Å²) in [4.78, 5) is 0.351. The molecule has 0 aromatic heterocycles. The first kappa shape index (κ1) is 16.9. The topological polar surface area (TPSA) is 37.4 Å². The fourth-order valence-electron chi connectivity index (χ4n) is 3.45. The van der Waals surface area contributed by atoms with Gasteiger partial charge in [-0.3, -0.25) is 4.31 Å². The smallest absolute Gasteiger partial charge is 0.264 e. The second-order valence-electron chi connectivity index (χ2n) is 6.77. The zero-order valence-electron chi connectivity index (χ0n) is 14.7. The molecule has 0 atom stereocenters. The average Bonchev–Trinajstić information content (AvgIpc) is 3.07. The highest BCUT2D eigenvalue weighted by Gasteiger charge is 2.30. The normalized spacial score (nSPS) is 13.7. The Morgan fingerprint density at radius 3 is 2.35 bits per heavy atom. The lowest BCUT2D eigenvalue weighted by molar-refractivity contribution is 0.592. The van der Waals surface area contributed by atoms with Crippen LogP contribution in [-0.4, -0.2) is 15.0 Å². The maximum absolute atomic E-state index is 13.0. The van der Waals surface area contributed by atoms with Gasteiger partial charge in [0.2, 0.25) is 0 Å². The van der Waals surface area contributed by atoms with Crippen LogP contribution < -0.4 is 4.31 Å². The molecule has 0 bridgehead atoms. The van der Waals surface area contributed by atoms with E-state index in [1.165, 1.54) is 11.1 Å². The minimum atomic E-state index is -3.51. The molecule has 0 saturated carbocycles. The highest BCUT2D eigenvalue weighted by atomic mass is 32.2. The Hall–Kier alpha value is -2.59. The standard InChI is InChI=1S/C22H21NO2S/c1-17-7-10-21(11-8-17)26(24,25)23-14-13-20-16-19(9-12-22(20)23)15-18-5-3-2-4-6-18/h2-12,16H,13-15H2,1H3. The molecule has 0 aliphatic carbocycles. The van der Waals surface area contributed by atoms with Gasteiger partial charge in [-0.1, -0.05) is 60.2 Å². The Morgan fingerprint density at radius 1 is 0.885 bits per heavy atom. The molecular formula is C22H21NO2S. The van der Waals surface area contributed by atoms with Crippen molar-refractivity contribution in [2.24, 2.45) is 0 Å². The molecule has 3 aromatic rings. The summed E-state index contributed by atoms with van der Waals surface area (Å²) < 4.78 is 27.6. The highest BCUT2D eigenvalue weighted by Crippen LogP contribution is 2.34. The number of hydrogen-bond donors (Lipinski definition) is 0. The monoisotopic (exact) mass is 363 g/mol. The molecule has 0 unspecified atom stereocenters. The largest absolute Gasteiger partial charge is 0.266 e. The summed E-state index contributed by atoms with van der Waals surface area (Å²) in [6.07, 6.45) is 1.61. The van der Waals surface area contributed by atoms with Crippen molar-refractivity contribution in [1.82, 2.24) is 0 Å². The Kier molecular flexibility index (Phi) is 4.29. The van der Waals surface area contributed by atoms with Crippen LogP contribution in [0.4, 0.5) is 5.69 Å². The summed E-state index contributed by atoms with van der Waals surface area (Å²) in [5.41, 5.74) is 5.44. The Bertz CT molecular complexity index is 1030. The summed E-state index contributed by atoms with van der Waals surface area (Å²) in [6.45, 7) is 2.45. The van der Waals surface area contributed by atoms with Crippen LogP contribution in [-0.2, 0) is 22.9 Å². The van der Waals surface area contributed by atoms with E-state index >= 15 is 0 Å². The minimum Gasteiger partial charge on any atom is -0.266 e. The van der Waals surface area contributed by atoms with Crippen LogP contribution in [0.1, 0.15) is 22.3 Å². The van der Waals surface area contributed by atoms with Gasteiger partial charge in [0.1, 0.15) is 0 Å². The van der Waals surface area contributed by atoms with Crippen LogP contribution in [0.3, 0.4) is 0 Å². The van der Waals surface area contributed by atoms with Gasteiger partial charge in [-0.05, 0) is 54.7 Å². The minimum absolute atomic E-state index is 0.351. The number of rotatable bonds is 4. The first-order chi connectivity index (χ1) is 12.5. The molecule has 3 aromatic carbocycles. The molecule has 0 fully saturated rings. The first-order valence-electron chi connectivity index (χ1n) is 8.79. The molecule has 4 rings (SSSR count). The van der Waals surface area contributed by atoms with Gasteiger partial charge in [-0.2, -0.15) is 0 Å². The van der Waals surface area contributed by atoms with E-state index in [1.807, 2.05) is 49.4 Å². The van der Waals surface area contributed by atoms with E-state index in [4.69, 9.17) is 0 Å². The molecule has 0 N–H and O–H groups in total. The Morgan fingerprint density at radius 2 is 1.62 bits per heavy atom. The Labute approximate surface area is 155 Å². The number of anilines is 1. The van der Waals surface area contributed by atoms with Gasteiger partial charge >= 0.3 is 0 Å². The number of aryl methyl sites for hydroxylation is 1. The molecule has 0 saturated heterocycles. The van der Waals surface area contributed by atoms with Gasteiger partial charge in [-0.15, -0.1) is 0 Å². The summed E-state index contributed by atoms with van der Waals surface area (Å²) in [5.74, 6) is 0. The van der Waals surface area contributed by atoms with Crippen molar-refractivity contribution in [3.8, 4) is 0 Å². The van der Waals surface area contributed by atoms with Crippen molar-refractivity contribution < 1.29 is 8.42 Å². The summed E-state index contributed by atoms with van der Waals surface area (Å²) in [6, 6.07) is 23.5. The zero-order chi connectivity index (χ0) is 18.1. The quantitative estimate of drug-likeness (QED) is 0.692. The second-order valence-corrected chi connectivity index (χ2v) is 8.63. The van der Waals surface area contributed by atoms with Crippen LogP contribution in [0.5, 0.6) is 0 Å². The predicted octanol–water partition coefficient (Wildman–Crippen LogP) is 4.34. The van der Waals surface area contributed by atoms with E-state index in [-0.39, 0.29) is 0 Å². The van der Waals surface area contributed by atoms with Crippen LogP contribution in [0.2, 0.25) is 0 Å². The summed E-state index contributed by atoms with van der Waals surface area (Å²) in [7, 11) is -3.51. The second kappa shape index (κ2) is 6.61. The van der Waals surface area contributed by atoms with E-state index in [9.17, 15) is 8.42 Å². The highest BCUT2D eigenvalue weighted by molar-refractivity contribution is 7.92. The molecular weight excluding hydrogens is 342 g/mol. The maximum Gasteiger partial charge on any atom is 0.264 e. The van der Waals surface area contributed by atoms with Crippen LogP contribution >= 0.6 is 0 Å². The summed E-state index contributed by atoms with van der Waals surface area (Å²) in [5, 5.41) is 0. The first-order valence-corrected chi connectivity index (χ1v) is 10.2. The van der Waals surface area contributed by atoms with Crippen LogP contribution in [0, 0.1) is 6.92 Å². The van der Waals surface area contributed by atoms with Crippen LogP contribution in [0.15, 0.2) is 77.7 Å². The molecule has 1 heterocycles. The molecule has 132 valence electrons. The number of nitrogens with zero attached hydrogens (tertiary/aromatic N) is 1. The number of hydrogen-bond acceptors (Lipinski definition) is 2. The molecule has 3 nitrogen and oxygen atoms in total. The molecule has 1 aliphatic heterocycles. The zero-order valence-corrected chi connectivity index (χ0v) is 15.5. The van der Waals surface area contributed by atoms with E-state index in [2.05, 4.69) is 18.2 Å². The van der Waals surface area contributed by atoms with Crippen molar-refractivity contribution in [3.05, 3.63) is 95.1 Å². The van der Waals surface area contributed by atoms with Crippen molar-refractivity contribution in [1.29, 1.82) is 0 Å². The van der Waals surface area contributed by atoms with E-state index < -0.39 is 10.0 Å². The molecule has 4 heteroatoms. The lowest BCUT2D eigenvalue weighted by atomic mass is 10.0. The SMILES string of the molecule is Cc1ccc(S(=O)(=O)N2CCc3cc(Cc4ccccc4)ccc32)cc1. The van der Waals surface area contributed by atoms with Crippen molar-refractivity contribution in [2.75, 3.05) is 10.8 Å². The Balaban J connectivity index is 1.63.